The molecule has 1 fully saturated rings. The van der Waals surface area contributed by atoms with E-state index in [1.54, 1.807) is 0 Å². The van der Waals surface area contributed by atoms with Crippen molar-refractivity contribution in [3.05, 3.63) is 0 Å². The van der Waals surface area contributed by atoms with Gasteiger partial charge in [-0.3, -0.25) is 0 Å². The third kappa shape index (κ3) is 3.72. The van der Waals surface area contributed by atoms with Gasteiger partial charge >= 0.3 is 0 Å². The summed E-state index contributed by atoms with van der Waals surface area (Å²) in [6, 6.07) is 0.533. The number of aliphatic hydroxyl groups is 1. The van der Waals surface area contributed by atoms with E-state index in [0.29, 0.717) is 24.0 Å². The molecule has 0 aromatic rings. The van der Waals surface area contributed by atoms with Crippen LogP contribution in [-0.4, -0.2) is 48.8 Å². The molecule has 0 bridgehead atoms. The minimum Gasteiger partial charge on any atom is -0.396 e. The molecule has 0 spiro atoms. The molecule has 0 amide bonds. The third-order valence-electron chi connectivity index (χ3n) is 3.94. The van der Waals surface area contributed by atoms with Crippen LogP contribution in [0.2, 0.25) is 0 Å². The van der Waals surface area contributed by atoms with Crippen molar-refractivity contribution in [3.8, 4) is 0 Å². The molecule has 1 heterocycles. The fraction of sp³-hybridized carbons (Fsp3) is 1.00. The third-order valence-corrected chi connectivity index (χ3v) is 3.94. The molecule has 1 aliphatic rings. The first-order valence-electron chi connectivity index (χ1n) is 6.56. The van der Waals surface area contributed by atoms with E-state index >= 15 is 0 Å². The molecule has 0 aliphatic carbocycles. The van der Waals surface area contributed by atoms with Gasteiger partial charge in [-0.1, -0.05) is 20.8 Å². The summed E-state index contributed by atoms with van der Waals surface area (Å²) >= 11 is 0. The van der Waals surface area contributed by atoms with Crippen LogP contribution in [-0.2, 0) is 0 Å². The molecule has 16 heavy (non-hydrogen) atoms. The van der Waals surface area contributed by atoms with E-state index in [1.807, 2.05) is 0 Å². The van der Waals surface area contributed by atoms with Gasteiger partial charge in [-0.2, -0.15) is 0 Å². The van der Waals surface area contributed by atoms with Crippen molar-refractivity contribution in [1.29, 1.82) is 0 Å². The molecular formula is C13H28N2O. The number of hydrogen-bond acceptors (Lipinski definition) is 3. The van der Waals surface area contributed by atoms with Gasteiger partial charge in [0.05, 0.1) is 0 Å². The van der Waals surface area contributed by atoms with Crippen LogP contribution in [0.15, 0.2) is 0 Å². The number of likely N-dealkylation sites (tertiary alicyclic amines) is 1. The lowest BCUT2D eigenvalue weighted by Gasteiger charge is -2.36. The Morgan fingerprint density at radius 2 is 2.19 bits per heavy atom. The lowest BCUT2D eigenvalue weighted by atomic mass is 9.85. The van der Waals surface area contributed by atoms with Crippen LogP contribution in [0.1, 0.15) is 34.1 Å². The van der Waals surface area contributed by atoms with Crippen LogP contribution in [0.25, 0.3) is 0 Å². The fourth-order valence-corrected chi connectivity index (χ4v) is 2.50. The van der Waals surface area contributed by atoms with Crippen molar-refractivity contribution >= 4 is 0 Å². The number of hydrogen-bond donors (Lipinski definition) is 2. The van der Waals surface area contributed by atoms with Crippen LogP contribution in [0, 0.1) is 11.3 Å². The second kappa shape index (κ2) is 5.99. The smallest absolute Gasteiger partial charge is 0.0471 e. The van der Waals surface area contributed by atoms with E-state index in [9.17, 15) is 0 Å². The van der Waals surface area contributed by atoms with Crippen molar-refractivity contribution in [1.82, 2.24) is 10.2 Å². The van der Waals surface area contributed by atoms with Crippen LogP contribution in [0.5, 0.6) is 0 Å². The monoisotopic (exact) mass is 228 g/mol. The molecule has 0 aromatic heterocycles. The Labute approximate surface area is 100 Å². The number of rotatable bonds is 6. The van der Waals surface area contributed by atoms with Gasteiger partial charge in [-0.15, -0.1) is 0 Å². The highest BCUT2D eigenvalue weighted by molar-refractivity contribution is 4.86. The Balaban J connectivity index is 2.40. The van der Waals surface area contributed by atoms with Crippen LogP contribution in [0.3, 0.4) is 0 Å². The molecule has 96 valence electrons. The summed E-state index contributed by atoms with van der Waals surface area (Å²) in [5.41, 5.74) is 0.292. The van der Waals surface area contributed by atoms with E-state index in [1.165, 1.54) is 0 Å². The van der Waals surface area contributed by atoms with Crippen molar-refractivity contribution < 1.29 is 5.11 Å². The maximum atomic E-state index is 9.14. The molecule has 2 unspecified atom stereocenters. The summed E-state index contributed by atoms with van der Waals surface area (Å²) in [4.78, 5) is 2.49. The van der Waals surface area contributed by atoms with Gasteiger partial charge in [0.15, 0.2) is 0 Å². The summed E-state index contributed by atoms with van der Waals surface area (Å²) in [5.74, 6) is 0.505. The maximum absolute atomic E-state index is 9.14. The van der Waals surface area contributed by atoms with Gasteiger partial charge in [0.2, 0.25) is 0 Å². The largest absolute Gasteiger partial charge is 0.396 e. The van der Waals surface area contributed by atoms with Crippen LogP contribution < -0.4 is 5.32 Å². The van der Waals surface area contributed by atoms with Gasteiger partial charge in [0.25, 0.3) is 0 Å². The summed E-state index contributed by atoms with van der Waals surface area (Å²) in [7, 11) is 0. The quantitative estimate of drug-likeness (QED) is 0.720. The Morgan fingerprint density at radius 1 is 1.50 bits per heavy atom. The topological polar surface area (TPSA) is 35.5 Å². The molecule has 1 saturated heterocycles. The Hall–Kier alpha value is -0.120. The first-order chi connectivity index (χ1) is 7.49. The highest BCUT2D eigenvalue weighted by atomic mass is 16.3. The number of nitrogens with zero attached hydrogens (tertiary/aromatic N) is 1. The van der Waals surface area contributed by atoms with E-state index in [4.69, 9.17) is 5.11 Å². The lowest BCUT2D eigenvalue weighted by Crippen LogP contribution is -2.46. The van der Waals surface area contributed by atoms with E-state index in [-0.39, 0.29) is 0 Å². The zero-order valence-corrected chi connectivity index (χ0v) is 11.3. The van der Waals surface area contributed by atoms with Gasteiger partial charge in [0.1, 0.15) is 0 Å². The highest BCUT2D eigenvalue weighted by Gasteiger charge is 2.31. The predicted molar refractivity (Wildman–Crippen MR) is 68.6 cm³/mol. The zero-order valence-electron chi connectivity index (χ0n) is 11.3. The van der Waals surface area contributed by atoms with Crippen molar-refractivity contribution in [2.75, 3.05) is 32.8 Å². The molecule has 1 aliphatic heterocycles. The van der Waals surface area contributed by atoms with Crippen LogP contribution in [0.4, 0.5) is 0 Å². The highest BCUT2D eigenvalue weighted by Crippen LogP contribution is 2.25. The molecule has 2 atom stereocenters. The molecule has 3 nitrogen and oxygen atoms in total. The fourth-order valence-electron chi connectivity index (χ4n) is 2.50. The normalized spacial score (nSPS) is 24.9. The van der Waals surface area contributed by atoms with Gasteiger partial charge < -0.3 is 15.3 Å². The molecule has 0 aromatic carbocycles. The predicted octanol–water partition coefficient (Wildman–Crippen LogP) is 1.32. The van der Waals surface area contributed by atoms with Crippen molar-refractivity contribution in [2.24, 2.45) is 11.3 Å². The van der Waals surface area contributed by atoms with E-state index in [2.05, 4.69) is 37.9 Å². The number of nitrogens with one attached hydrogen (secondary N) is 1. The Bertz CT molecular complexity index is 206. The second-order valence-electron chi connectivity index (χ2n) is 5.84. The summed E-state index contributed by atoms with van der Waals surface area (Å²) in [6.45, 7) is 13.8. The minimum atomic E-state index is 0.292. The standard InChI is InChI=1S/C13H28N2O/c1-5-14-11(2)13(3,4)10-15-7-6-12(8-15)9-16/h11-12,14,16H,5-10H2,1-4H3. The molecule has 1 rings (SSSR count). The van der Waals surface area contributed by atoms with Gasteiger partial charge in [-0.05, 0) is 37.8 Å². The van der Waals surface area contributed by atoms with Gasteiger partial charge in [0, 0.05) is 25.7 Å². The average molecular weight is 228 g/mol. The lowest BCUT2D eigenvalue weighted by molar-refractivity contribution is 0.153. The molecule has 0 saturated carbocycles. The van der Waals surface area contributed by atoms with Crippen LogP contribution >= 0.6 is 0 Å². The SMILES string of the molecule is CCNC(C)C(C)(C)CN1CCC(CO)C1. The molecule has 0 radical (unpaired) electrons. The number of aliphatic hydroxyl groups excluding tert-OH is 1. The molecular weight excluding hydrogens is 200 g/mol. The summed E-state index contributed by atoms with van der Waals surface area (Å²) < 4.78 is 0. The second-order valence-corrected chi connectivity index (χ2v) is 5.84. The van der Waals surface area contributed by atoms with Gasteiger partial charge in [-0.25, -0.2) is 0 Å². The van der Waals surface area contributed by atoms with Crippen molar-refractivity contribution in [3.63, 3.8) is 0 Å². The zero-order chi connectivity index (χ0) is 12.2. The molecule has 2 N–H and O–H groups in total. The van der Waals surface area contributed by atoms with Crippen molar-refractivity contribution in [2.45, 2.75) is 40.2 Å². The van der Waals surface area contributed by atoms with E-state index < -0.39 is 0 Å². The first kappa shape index (κ1) is 13.9. The summed E-state index contributed by atoms with van der Waals surface area (Å²) in [5, 5.41) is 12.6. The first-order valence-corrected chi connectivity index (χ1v) is 6.56. The minimum absolute atomic E-state index is 0.292. The Kier molecular flexibility index (Phi) is 5.22. The Morgan fingerprint density at radius 3 is 2.69 bits per heavy atom. The summed E-state index contributed by atoms with van der Waals surface area (Å²) in [6.07, 6.45) is 1.15. The van der Waals surface area contributed by atoms with E-state index in [0.717, 1.165) is 32.6 Å². The molecule has 3 heteroatoms. The average Bonchev–Trinajstić information content (AvgIpc) is 2.65. The maximum Gasteiger partial charge on any atom is 0.0471 e.